The zero-order valence-electron chi connectivity index (χ0n) is 14.4. The maximum Gasteiger partial charge on any atom is 0.325 e. The molecule has 1 aromatic carbocycles. The minimum absolute atomic E-state index is 0.0840. The smallest absolute Gasteiger partial charge is 0.325 e. The summed E-state index contributed by atoms with van der Waals surface area (Å²) >= 11 is 1.09. The topological polar surface area (TPSA) is 101 Å². The molecule has 1 aliphatic rings. The molecule has 0 aliphatic heterocycles. The third-order valence-corrected chi connectivity index (χ3v) is 7.83. The van der Waals surface area contributed by atoms with Crippen molar-refractivity contribution < 1.29 is 18.3 Å². The molecule has 3 aromatic rings. The quantitative estimate of drug-likeness (QED) is 0.658. The van der Waals surface area contributed by atoms with E-state index in [-0.39, 0.29) is 16.5 Å². The van der Waals surface area contributed by atoms with Crippen molar-refractivity contribution in [2.75, 3.05) is 0 Å². The fourth-order valence-corrected chi connectivity index (χ4v) is 5.89. The van der Waals surface area contributed by atoms with Crippen LogP contribution in [0.1, 0.15) is 17.9 Å². The summed E-state index contributed by atoms with van der Waals surface area (Å²) in [6.07, 6.45) is 3.67. The Labute approximate surface area is 160 Å². The molecule has 140 valence electrons. The molecule has 9 heteroatoms. The third kappa shape index (κ3) is 3.18. The Balaban J connectivity index is 1.61. The Kier molecular flexibility index (Phi) is 4.17. The molecule has 27 heavy (non-hydrogen) atoms. The minimum Gasteiger partial charge on any atom is -0.480 e. The standard InChI is InChI=1S/C18H17N3O4S2/c1-21-11-13(10-19-21)15-7-8-16(26-15)27(24,25)20-18(17(22)23)9-14(18)12-5-3-2-4-6-12/h2-8,10-11,14,20H,9H2,1H3,(H,22,23)/t14-,18-/m0/s1. The van der Waals surface area contributed by atoms with E-state index in [1.54, 1.807) is 30.2 Å². The van der Waals surface area contributed by atoms with Crippen LogP contribution in [-0.4, -0.2) is 34.8 Å². The zero-order chi connectivity index (χ0) is 19.2. The number of aliphatic carboxylic acids is 1. The Morgan fingerprint density at radius 3 is 2.67 bits per heavy atom. The Morgan fingerprint density at radius 1 is 1.30 bits per heavy atom. The largest absolute Gasteiger partial charge is 0.480 e. The van der Waals surface area contributed by atoms with E-state index in [9.17, 15) is 18.3 Å². The van der Waals surface area contributed by atoms with Gasteiger partial charge in [-0.1, -0.05) is 30.3 Å². The van der Waals surface area contributed by atoms with E-state index in [0.29, 0.717) is 0 Å². The van der Waals surface area contributed by atoms with E-state index in [1.807, 2.05) is 30.3 Å². The van der Waals surface area contributed by atoms with Crippen LogP contribution in [0, 0.1) is 0 Å². The summed E-state index contributed by atoms with van der Waals surface area (Å²) in [7, 11) is -2.18. The van der Waals surface area contributed by atoms with Crippen molar-refractivity contribution in [1.29, 1.82) is 0 Å². The molecule has 1 fully saturated rings. The van der Waals surface area contributed by atoms with Gasteiger partial charge in [0.2, 0.25) is 0 Å². The van der Waals surface area contributed by atoms with Gasteiger partial charge in [0.25, 0.3) is 10.0 Å². The fourth-order valence-electron chi connectivity index (χ4n) is 3.20. The van der Waals surface area contributed by atoms with E-state index in [0.717, 1.165) is 27.3 Å². The predicted molar refractivity (Wildman–Crippen MR) is 101 cm³/mol. The predicted octanol–water partition coefficient (Wildman–Crippen LogP) is 2.44. The number of nitrogens with zero attached hydrogens (tertiary/aromatic N) is 2. The van der Waals surface area contributed by atoms with Gasteiger partial charge in [0.05, 0.1) is 6.20 Å². The number of rotatable bonds is 6. The third-order valence-electron chi connectivity index (χ3n) is 4.70. The lowest BCUT2D eigenvalue weighted by Crippen LogP contribution is -2.44. The van der Waals surface area contributed by atoms with Crippen LogP contribution in [0.3, 0.4) is 0 Å². The highest BCUT2D eigenvalue weighted by Gasteiger charge is 2.63. The Morgan fingerprint density at radius 2 is 2.04 bits per heavy atom. The van der Waals surface area contributed by atoms with Crippen molar-refractivity contribution in [2.24, 2.45) is 7.05 Å². The number of aromatic nitrogens is 2. The molecule has 0 saturated heterocycles. The second-order valence-corrected chi connectivity index (χ2v) is 9.56. The number of sulfonamides is 1. The van der Waals surface area contributed by atoms with Gasteiger partial charge in [-0.2, -0.15) is 9.82 Å². The van der Waals surface area contributed by atoms with E-state index < -0.39 is 21.5 Å². The molecule has 2 N–H and O–H groups in total. The summed E-state index contributed by atoms with van der Waals surface area (Å²) in [5.41, 5.74) is 0.119. The first-order chi connectivity index (χ1) is 12.8. The van der Waals surface area contributed by atoms with Gasteiger partial charge in [0, 0.05) is 29.6 Å². The Bertz CT molecular complexity index is 1100. The van der Waals surface area contributed by atoms with Crippen LogP contribution in [0.15, 0.2) is 59.1 Å². The van der Waals surface area contributed by atoms with E-state index >= 15 is 0 Å². The van der Waals surface area contributed by atoms with E-state index in [2.05, 4.69) is 9.82 Å². The maximum atomic E-state index is 12.8. The lowest BCUT2D eigenvalue weighted by molar-refractivity contribution is -0.140. The van der Waals surface area contributed by atoms with Gasteiger partial charge in [-0.3, -0.25) is 9.48 Å². The molecular weight excluding hydrogens is 386 g/mol. The molecule has 2 heterocycles. The molecule has 1 aliphatic carbocycles. The second-order valence-electron chi connectivity index (χ2n) is 6.57. The number of carboxylic acids is 1. The first-order valence-corrected chi connectivity index (χ1v) is 10.5. The number of benzene rings is 1. The average molecular weight is 403 g/mol. The number of hydrogen-bond acceptors (Lipinski definition) is 5. The highest BCUT2D eigenvalue weighted by molar-refractivity contribution is 7.91. The lowest BCUT2D eigenvalue weighted by Gasteiger charge is -2.14. The SMILES string of the molecule is Cn1cc(-c2ccc(S(=O)(=O)N[C@@]3(C(=O)O)C[C@H]3c3ccccc3)s2)cn1. The summed E-state index contributed by atoms with van der Waals surface area (Å²) in [6.45, 7) is 0. The van der Waals surface area contributed by atoms with Gasteiger partial charge < -0.3 is 5.11 Å². The molecule has 0 unspecified atom stereocenters. The highest BCUT2D eigenvalue weighted by atomic mass is 32.2. The van der Waals surface area contributed by atoms with Gasteiger partial charge in [0.15, 0.2) is 0 Å². The van der Waals surface area contributed by atoms with Crippen LogP contribution in [-0.2, 0) is 21.9 Å². The van der Waals surface area contributed by atoms with Crippen LogP contribution in [0.2, 0.25) is 0 Å². The molecule has 4 rings (SSSR count). The molecule has 2 aromatic heterocycles. The van der Waals surface area contributed by atoms with Crippen LogP contribution in [0.4, 0.5) is 0 Å². The summed E-state index contributed by atoms with van der Waals surface area (Å²) in [4.78, 5) is 12.6. The minimum atomic E-state index is -3.96. The van der Waals surface area contributed by atoms with Gasteiger partial charge >= 0.3 is 5.97 Å². The molecule has 1 saturated carbocycles. The summed E-state index contributed by atoms with van der Waals surface area (Å²) < 4.78 is 29.8. The van der Waals surface area contributed by atoms with Crippen LogP contribution < -0.4 is 4.72 Å². The van der Waals surface area contributed by atoms with Gasteiger partial charge in [0.1, 0.15) is 9.75 Å². The van der Waals surface area contributed by atoms with Gasteiger partial charge in [-0.25, -0.2) is 8.42 Å². The van der Waals surface area contributed by atoms with Crippen LogP contribution >= 0.6 is 11.3 Å². The molecule has 0 radical (unpaired) electrons. The molecule has 0 amide bonds. The summed E-state index contributed by atoms with van der Waals surface area (Å²) in [5, 5.41) is 13.8. The monoisotopic (exact) mass is 403 g/mol. The first-order valence-electron chi connectivity index (χ1n) is 8.23. The lowest BCUT2D eigenvalue weighted by atomic mass is 10.1. The average Bonchev–Trinajstić information content (AvgIpc) is 2.98. The van der Waals surface area contributed by atoms with Crippen molar-refractivity contribution in [2.45, 2.75) is 22.1 Å². The molecule has 0 bridgehead atoms. The molecule has 0 spiro atoms. The number of hydrogen-bond donors (Lipinski definition) is 2. The van der Waals surface area contributed by atoms with Crippen molar-refractivity contribution in [3.8, 4) is 10.4 Å². The highest BCUT2D eigenvalue weighted by Crippen LogP contribution is 2.52. The number of nitrogens with one attached hydrogen (secondary N) is 1. The number of carbonyl (C=O) groups is 1. The number of thiophene rings is 1. The molecular formula is C18H17N3O4S2. The number of carboxylic acid groups (broad SMARTS) is 1. The Hall–Kier alpha value is -2.49. The van der Waals surface area contributed by atoms with Crippen LogP contribution in [0.5, 0.6) is 0 Å². The van der Waals surface area contributed by atoms with Gasteiger partial charge in [-0.15, -0.1) is 11.3 Å². The van der Waals surface area contributed by atoms with Crippen LogP contribution in [0.25, 0.3) is 10.4 Å². The summed E-state index contributed by atoms with van der Waals surface area (Å²) in [6, 6.07) is 12.3. The first kappa shape index (κ1) is 17.9. The molecule has 7 nitrogen and oxygen atoms in total. The maximum absolute atomic E-state index is 12.8. The number of aryl methyl sites for hydroxylation is 1. The van der Waals surface area contributed by atoms with E-state index in [1.165, 1.54) is 6.07 Å². The zero-order valence-corrected chi connectivity index (χ0v) is 16.0. The molecule has 2 atom stereocenters. The normalized spacial score (nSPS) is 21.9. The second kappa shape index (κ2) is 6.29. The van der Waals surface area contributed by atoms with Crippen molar-refractivity contribution in [3.05, 3.63) is 60.4 Å². The van der Waals surface area contributed by atoms with Crippen molar-refractivity contribution >= 4 is 27.3 Å². The van der Waals surface area contributed by atoms with Gasteiger partial charge in [-0.05, 0) is 24.1 Å². The van der Waals surface area contributed by atoms with Crippen molar-refractivity contribution in [1.82, 2.24) is 14.5 Å². The van der Waals surface area contributed by atoms with Crippen molar-refractivity contribution in [3.63, 3.8) is 0 Å². The van der Waals surface area contributed by atoms with E-state index in [4.69, 9.17) is 0 Å². The fraction of sp³-hybridized carbons (Fsp3) is 0.222. The summed E-state index contributed by atoms with van der Waals surface area (Å²) in [5.74, 6) is -1.55.